The first kappa shape index (κ1) is 9.41. The molecule has 1 aliphatic heterocycles. The zero-order valence-electron chi connectivity index (χ0n) is 8.25. The van der Waals surface area contributed by atoms with Gasteiger partial charge in [0.05, 0.1) is 0 Å². The number of hydrogen-bond acceptors (Lipinski definition) is 2. The van der Waals surface area contributed by atoms with Crippen LogP contribution in [0.4, 0.5) is 0 Å². The van der Waals surface area contributed by atoms with E-state index in [0.29, 0.717) is 0 Å². The third-order valence-electron chi connectivity index (χ3n) is 2.62. The topological polar surface area (TPSA) is 29.1 Å². The lowest BCUT2D eigenvalue weighted by Crippen LogP contribution is -2.21. The molecule has 1 heterocycles. The Labute approximate surface area is 84.4 Å². The molecular formula is C12H15NO. The van der Waals surface area contributed by atoms with Crippen molar-refractivity contribution in [1.29, 1.82) is 0 Å². The van der Waals surface area contributed by atoms with Crippen molar-refractivity contribution in [2.75, 3.05) is 13.1 Å². The van der Waals surface area contributed by atoms with Crippen LogP contribution in [0.15, 0.2) is 35.5 Å². The van der Waals surface area contributed by atoms with Gasteiger partial charge < -0.3 is 5.32 Å². The molecule has 0 radical (unpaired) electrons. The van der Waals surface area contributed by atoms with Crippen LogP contribution in [-0.2, 0) is 4.79 Å². The second-order valence-electron chi connectivity index (χ2n) is 3.72. The van der Waals surface area contributed by atoms with E-state index >= 15 is 0 Å². The summed E-state index contributed by atoms with van der Waals surface area (Å²) in [6, 6.07) is 0. The molecule has 3 aliphatic rings. The van der Waals surface area contributed by atoms with E-state index in [-0.39, 0.29) is 5.78 Å². The van der Waals surface area contributed by atoms with Gasteiger partial charge in [-0.2, -0.15) is 0 Å². The van der Waals surface area contributed by atoms with Gasteiger partial charge in [0.1, 0.15) is 0 Å². The van der Waals surface area contributed by atoms with E-state index in [2.05, 4.69) is 5.32 Å². The first-order chi connectivity index (χ1) is 6.88. The van der Waals surface area contributed by atoms with Crippen molar-refractivity contribution in [2.24, 2.45) is 0 Å². The van der Waals surface area contributed by atoms with E-state index in [4.69, 9.17) is 0 Å². The smallest absolute Gasteiger partial charge is 0.193 e. The van der Waals surface area contributed by atoms with Crippen molar-refractivity contribution in [3.63, 3.8) is 0 Å². The summed E-state index contributed by atoms with van der Waals surface area (Å²) in [7, 11) is 0. The van der Waals surface area contributed by atoms with Gasteiger partial charge in [-0.25, -0.2) is 0 Å². The van der Waals surface area contributed by atoms with Gasteiger partial charge in [0.2, 0.25) is 0 Å². The molecule has 2 nitrogen and oxygen atoms in total. The van der Waals surface area contributed by atoms with Crippen molar-refractivity contribution in [2.45, 2.75) is 19.3 Å². The Morgan fingerprint density at radius 3 is 1.64 bits per heavy atom. The van der Waals surface area contributed by atoms with E-state index in [0.717, 1.165) is 11.1 Å². The minimum atomic E-state index is 0.185. The molecule has 0 aromatic heterocycles. The van der Waals surface area contributed by atoms with Gasteiger partial charge in [-0.15, -0.1) is 0 Å². The molecule has 1 fully saturated rings. The van der Waals surface area contributed by atoms with Gasteiger partial charge in [-0.1, -0.05) is 30.7 Å². The van der Waals surface area contributed by atoms with Gasteiger partial charge in [0, 0.05) is 11.1 Å². The molecule has 0 amide bonds. The first-order valence-electron chi connectivity index (χ1n) is 5.23. The van der Waals surface area contributed by atoms with Gasteiger partial charge in [-0.05, 0) is 25.9 Å². The Hall–Kier alpha value is -1.15. The van der Waals surface area contributed by atoms with Crippen molar-refractivity contribution >= 4 is 5.78 Å². The number of piperidine rings is 1. The second kappa shape index (κ2) is 4.38. The van der Waals surface area contributed by atoms with Crippen LogP contribution in [0.2, 0.25) is 0 Å². The lowest BCUT2D eigenvalue weighted by molar-refractivity contribution is -0.111. The predicted molar refractivity (Wildman–Crippen MR) is 57.0 cm³/mol. The lowest BCUT2D eigenvalue weighted by Gasteiger charge is -2.08. The number of rotatable bonds is 0. The number of Topliss-reactive ketones (excluding diaryl/α,β-unsaturated/α-hetero) is 1. The Bertz CT molecular complexity index is 284. The quantitative estimate of drug-likeness (QED) is 0.629. The Kier molecular flexibility index (Phi) is 2.94. The van der Waals surface area contributed by atoms with Crippen LogP contribution in [0.3, 0.4) is 0 Å². The Balaban J connectivity index is 0.000000112. The van der Waals surface area contributed by atoms with Crippen molar-refractivity contribution in [1.82, 2.24) is 5.32 Å². The molecular weight excluding hydrogens is 174 g/mol. The molecule has 74 valence electrons. The molecule has 2 heteroatoms. The fourth-order valence-electron chi connectivity index (χ4n) is 1.74. The van der Waals surface area contributed by atoms with E-state index in [1.807, 2.05) is 24.3 Å². The molecule has 0 spiro atoms. The molecule has 3 rings (SSSR count). The molecule has 0 aromatic rings. The third-order valence-corrected chi connectivity index (χ3v) is 2.62. The second-order valence-corrected chi connectivity index (χ2v) is 3.72. The highest BCUT2D eigenvalue weighted by atomic mass is 16.1. The Morgan fingerprint density at radius 2 is 1.50 bits per heavy atom. The molecule has 0 atom stereocenters. The van der Waals surface area contributed by atoms with Crippen LogP contribution in [0.5, 0.6) is 0 Å². The maximum absolute atomic E-state index is 10.8. The number of carbonyl (C=O) groups is 1. The maximum atomic E-state index is 10.8. The summed E-state index contributed by atoms with van der Waals surface area (Å²) in [5.74, 6) is 0.185. The zero-order chi connectivity index (χ0) is 9.80. The van der Waals surface area contributed by atoms with Crippen LogP contribution in [-0.4, -0.2) is 18.9 Å². The van der Waals surface area contributed by atoms with Gasteiger partial charge in [0.15, 0.2) is 5.78 Å². The van der Waals surface area contributed by atoms with Crippen LogP contribution in [0.25, 0.3) is 0 Å². The number of fused-ring (bicyclic) bond motifs is 2. The molecule has 0 unspecified atom stereocenters. The van der Waals surface area contributed by atoms with Crippen LogP contribution in [0.1, 0.15) is 19.3 Å². The monoisotopic (exact) mass is 189 g/mol. The van der Waals surface area contributed by atoms with E-state index in [9.17, 15) is 4.79 Å². The number of carbonyl (C=O) groups excluding carboxylic acids is 1. The highest BCUT2D eigenvalue weighted by Gasteiger charge is 2.19. The predicted octanol–water partition coefficient (Wildman–Crippen LogP) is 1.75. The van der Waals surface area contributed by atoms with Gasteiger partial charge in [-0.3, -0.25) is 4.79 Å². The largest absolute Gasteiger partial charge is 0.317 e. The zero-order valence-corrected chi connectivity index (χ0v) is 8.25. The van der Waals surface area contributed by atoms with E-state index in [1.54, 1.807) is 0 Å². The fourth-order valence-corrected chi connectivity index (χ4v) is 1.74. The minimum absolute atomic E-state index is 0.185. The molecule has 0 saturated carbocycles. The summed E-state index contributed by atoms with van der Waals surface area (Å²) in [6.07, 6.45) is 11.6. The van der Waals surface area contributed by atoms with Crippen molar-refractivity contribution in [3.05, 3.63) is 35.5 Å². The summed E-state index contributed by atoms with van der Waals surface area (Å²) in [5.41, 5.74) is 1.67. The summed E-state index contributed by atoms with van der Waals surface area (Å²) >= 11 is 0. The van der Waals surface area contributed by atoms with Crippen LogP contribution < -0.4 is 5.32 Å². The van der Waals surface area contributed by atoms with E-state index in [1.165, 1.54) is 32.4 Å². The average Bonchev–Trinajstić information content (AvgIpc) is 2.80. The summed E-state index contributed by atoms with van der Waals surface area (Å²) < 4.78 is 0. The maximum Gasteiger partial charge on any atom is 0.193 e. The number of hydrogen-bond donors (Lipinski definition) is 1. The molecule has 2 bridgehead atoms. The molecule has 14 heavy (non-hydrogen) atoms. The number of nitrogens with one attached hydrogen (secondary N) is 1. The summed E-state index contributed by atoms with van der Waals surface area (Å²) in [4.78, 5) is 10.8. The number of allylic oxidation sites excluding steroid dienone is 6. The Morgan fingerprint density at radius 1 is 0.929 bits per heavy atom. The highest BCUT2D eigenvalue weighted by molar-refractivity contribution is 6.17. The molecule has 2 aliphatic carbocycles. The molecule has 1 N–H and O–H groups in total. The minimum Gasteiger partial charge on any atom is -0.317 e. The van der Waals surface area contributed by atoms with Crippen molar-refractivity contribution < 1.29 is 4.79 Å². The van der Waals surface area contributed by atoms with Crippen LogP contribution in [0, 0.1) is 0 Å². The third kappa shape index (κ3) is 2.02. The molecule has 1 saturated heterocycles. The van der Waals surface area contributed by atoms with Gasteiger partial charge in [0.25, 0.3) is 0 Å². The van der Waals surface area contributed by atoms with Crippen LogP contribution >= 0.6 is 0 Å². The average molecular weight is 189 g/mol. The van der Waals surface area contributed by atoms with E-state index < -0.39 is 0 Å². The summed E-state index contributed by atoms with van der Waals surface area (Å²) in [6.45, 7) is 2.50. The fraction of sp³-hybridized carbons (Fsp3) is 0.417. The standard InChI is InChI=1S/C7H4O.C5H11N/c8-7-5-1-2-6(7)4-3-5;1-2-4-6-5-3-1/h1-4H;6H,1-5H2. The lowest BCUT2D eigenvalue weighted by atomic mass is 10.2. The van der Waals surface area contributed by atoms with Gasteiger partial charge >= 0.3 is 0 Å². The summed E-state index contributed by atoms with van der Waals surface area (Å²) in [5, 5.41) is 3.28. The SMILES string of the molecule is C1CCNCC1.O=C1C2=CC=C1C=C2. The van der Waals surface area contributed by atoms with Crippen molar-refractivity contribution in [3.8, 4) is 0 Å². The molecule has 0 aromatic carbocycles. The first-order valence-corrected chi connectivity index (χ1v) is 5.23. The normalized spacial score (nSPS) is 22.7. The highest BCUT2D eigenvalue weighted by Crippen LogP contribution is 2.23. The number of ketones is 1.